The van der Waals surface area contributed by atoms with E-state index in [0.717, 1.165) is 16.5 Å². The molecule has 0 aliphatic carbocycles. The van der Waals surface area contributed by atoms with Crippen molar-refractivity contribution in [3.05, 3.63) is 77.5 Å². The van der Waals surface area contributed by atoms with Crippen LogP contribution in [0.4, 0.5) is 4.39 Å². The Morgan fingerprint density at radius 1 is 1.21 bits per heavy atom. The molecule has 0 aliphatic heterocycles. The number of hydrogen-bond acceptors (Lipinski definition) is 5. The molecule has 0 atom stereocenters. The van der Waals surface area contributed by atoms with Crippen molar-refractivity contribution in [3.8, 4) is 16.9 Å². The zero-order valence-electron chi connectivity index (χ0n) is 18.7. The topological polar surface area (TPSA) is 91.3 Å². The van der Waals surface area contributed by atoms with Gasteiger partial charge in [-0.15, -0.1) is 0 Å². The quantitative estimate of drug-likeness (QED) is 0.440. The molecule has 0 fully saturated rings. The summed E-state index contributed by atoms with van der Waals surface area (Å²) in [6, 6.07) is 11.5. The molecule has 8 heteroatoms. The van der Waals surface area contributed by atoms with Crippen molar-refractivity contribution in [1.82, 2.24) is 20.1 Å². The van der Waals surface area contributed by atoms with Gasteiger partial charge in [-0.3, -0.25) is 14.9 Å². The molecule has 170 valence electrons. The average Bonchev–Trinajstić information content (AvgIpc) is 3.29. The number of pyridine rings is 1. The predicted octanol–water partition coefficient (Wildman–Crippen LogP) is 4.32. The van der Waals surface area contributed by atoms with Crippen LogP contribution in [0, 0.1) is 5.82 Å². The van der Waals surface area contributed by atoms with Gasteiger partial charge >= 0.3 is 0 Å². The van der Waals surface area contributed by atoms with Crippen molar-refractivity contribution >= 4 is 16.8 Å². The summed E-state index contributed by atoms with van der Waals surface area (Å²) in [6.45, 7) is 3.90. The molecule has 4 aromatic rings. The minimum atomic E-state index is -0.339. The third-order valence-electron chi connectivity index (χ3n) is 5.28. The summed E-state index contributed by atoms with van der Waals surface area (Å²) in [7, 11) is 1.70. The largest absolute Gasteiger partial charge is 0.490 e. The van der Waals surface area contributed by atoms with E-state index in [0.29, 0.717) is 34.7 Å². The molecule has 33 heavy (non-hydrogen) atoms. The van der Waals surface area contributed by atoms with Crippen LogP contribution in [0.1, 0.15) is 35.5 Å². The summed E-state index contributed by atoms with van der Waals surface area (Å²) in [5.41, 5.74) is 3.89. The minimum Gasteiger partial charge on any atom is -0.490 e. The lowest BCUT2D eigenvalue weighted by molar-refractivity contribution is 0.0784. The highest BCUT2D eigenvalue weighted by Gasteiger charge is 2.18. The molecule has 2 aromatic carbocycles. The van der Waals surface area contributed by atoms with E-state index >= 15 is 0 Å². The van der Waals surface area contributed by atoms with Crippen molar-refractivity contribution in [3.63, 3.8) is 0 Å². The number of halogens is 1. The first-order valence-corrected chi connectivity index (χ1v) is 10.6. The van der Waals surface area contributed by atoms with Gasteiger partial charge in [-0.05, 0) is 49.7 Å². The molecule has 2 N–H and O–H groups in total. The van der Waals surface area contributed by atoms with Crippen LogP contribution in [0.25, 0.3) is 22.0 Å². The van der Waals surface area contributed by atoms with Crippen LogP contribution in [0.3, 0.4) is 0 Å². The first-order valence-electron chi connectivity index (χ1n) is 10.6. The summed E-state index contributed by atoms with van der Waals surface area (Å²) in [5.74, 6) is -0.0260. The number of benzene rings is 2. The Morgan fingerprint density at radius 3 is 2.76 bits per heavy atom. The van der Waals surface area contributed by atoms with Crippen molar-refractivity contribution in [2.45, 2.75) is 33.1 Å². The van der Waals surface area contributed by atoms with Gasteiger partial charge in [0.1, 0.15) is 11.6 Å². The maximum atomic E-state index is 13.8. The number of carbonyl (C=O) groups excluding carboxylic acids is 1. The van der Waals surface area contributed by atoms with E-state index in [4.69, 9.17) is 4.74 Å². The van der Waals surface area contributed by atoms with E-state index in [2.05, 4.69) is 15.2 Å². The second-order valence-corrected chi connectivity index (χ2v) is 8.10. The number of aliphatic hydroxyl groups excluding tert-OH is 1. The van der Waals surface area contributed by atoms with E-state index < -0.39 is 0 Å². The zero-order chi connectivity index (χ0) is 23.5. The van der Waals surface area contributed by atoms with E-state index in [1.165, 1.54) is 12.1 Å². The number of nitrogens with one attached hydrogen (secondary N) is 1. The maximum Gasteiger partial charge on any atom is 0.254 e. The van der Waals surface area contributed by atoms with Crippen LogP contribution in [0.15, 0.2) is 54.9 Å². The third kappa shape index (κ3) is 4.70. The van der Waals surface area contributed by atoms with Gasteiger partial charge in [0.25, 0.3) is 5.91 Å². The molecular weight excluding hydrogens is 423 g/mol. The lowest BCUT2D eigenvalue weighted by atomic mass is 10.0. The standard InChI is InChI=1S/C25H25FN4O3/c1-15(2)33-23-10-17(7-8-20(23)16-5-4-6-19(26)9-16)25(32)30(3)13-18-11-27-22(14-31)21-12-28-29-24(18)21/h4-12,15,31H,13-14H2,1-3H3,(H,28,29). The Bertz CT molecular complexity index is 1300. The normalized spacial score (nSPS) is 11.2. The summed E-state index contributed by atoms with van der Waals surface area (Å²) >= 11 is 0. The lowest BCUT2D eigenvalue weighted by Crippen LogP contribution is -2.26. The van der Waals surface area contributed by atoms with E-state index in [1.54, 1.807) is 54.7 Å². The number of nitrogens with zero attached hydrogens (tertiary/aromatic N) is 3. The van der Waals surface area contributed by atoms with Crippen LogP contribution >= 0.6 is 0 Å². The van der Waals surface area contributed by atoms with Gasteiger partial charge in [-0.2, -0.15) is 5.10 Å². The molecule has 7 nitrogen and oxygen atoms in total. The van der Waals surface area contributed by atoms with Crippen molar-refractivity contribution in [2.75, 3.05) is 7.05 Å². The summed E-state index contributed by atoms with van der Waals surface area (Å²) in [4.78, 5) is 19.1. The van der Waals surface area contributed by atoms with Crippen LogP contribution in [-0.4, -0.2) is 44.2 Å². The number of fused-ring (bicyclic) bond motifs is 1. The monoisotopic (exact) mass is 448 g/mol. The Balaban J connectivity index is 1.63. The minimum absolute atomic E-state index is 0.120. The first kappa shape index (κ1) is 22.4. The molecule has 0 unspecified atom stereocenters. The number of carbonyl (C=O) groups is 1. The number of aromatic nitrogens is 3. The Hall–Kier alpha value is -3.78. The number of rotatable bonds is 7. The molecule has 1 amide bonds. The molecule has 2 aromatic heterocycles. The molecule has 0 saturated heterocycles. The Kier molecular flexibility index (Phi) is 6.37. The zero-order valence-corrected chi connectivity index (χ0v) is 18.7. The predicted molar refractivity (Wildman–Crippen MR) is 123 cm³/mol. The smallest absolute Gasteiger partial charge is 0.254 e. The number of amides is 1. The fourth-order valence-electron chi connectivity index (χ4n) is 3.73. The highest BCUT2D eigenvalue weighted by Crippen LogP contribution is 2.33. The average molecular weight is 448 g/mol. The van der Waals surface area contributed by atoms with Crippen molar-refractivity contribution in [1.29, 1.82) is 0 Å². The number of ether oxygens (including phenoxy) is 1. The van der Waals surface area contributed by atoms with Crippen LogP contribution < -0.4 is 4.74 Å². The third-order valence-corrected chi connectivity index (χ3v) is 5.28. The Morgan fingerprint density at radius 2 is 2.03 bits per heavy atom. The molecule has 2 heterocycles. The van der Waals surface area contributed by atoms with Crippen molar-refractivity contribution < 1.29 is 19.0 Å². The van der Waals surface area contributed by atoms with Crippen LogP contribution in [0.2, 0.25) is 0 Å². The summed E-state index contributed by atoms with van der Waals surface area (Å²) < 4.78 is 19.7. The van der Waals surface area contributed by atoms with E-state index in [-0.39, 0.29) is 24.4 Å². The number of aliphatic hydroxyl groups is 1. The van der Waals surface area contributed by atoms with Gasteiger partial charge in [0.15, 0.2) is 0 Å². The molecule has 4 rings (SSSR count). The molecular formula is C25H25FN4O3. The fraction of sp³-hybridized carbons (Fsp3) is 0.240. The van der Waals surface area contributed by atoms with Gasteiger partial charge in [0.05, 0.1) is 30.1 Å². The first-order chi connectivity index (χ1) is 15.9. The van der Waals surface area contributed by atoms with Gasteiger partial charge in [-0.1, -0.05) is 12.1 Å². The highest BCUT2D eigenvalue weighted by atomic mass is 19.1. The van der Waals surface area contributed by atoms with Gasteiger partial charge < -0.3 is 14.7 Å². The summed E-state index contributed by atoms with van der Waals surface area (Å²) in [5, 5.41) is 17.2. The Labute approximate surface area is 190 Å². The number of aromatic amines is 1. The van der Waals surface area contributed by atoms with E-state index in [1.807, 2.05) is 13.8 Å². The molecule has 0 saturated carbocycles. The van der Waals surface area contributed by atoms with Crippen LogP contribution in [-0.2, 0) is 13.2 Å². The molecule has 0 radical (unpaired) electrons. The fourth-order valence-corrected chi connectivity index (χ4v) is 3.73. The SMILES string of the molecule is CC(C)Oc1cc(C(=O)N(C)Cc2cnc(CO)c3cn[nH]c23)ccc1-c1cccc(F)c1. The number of hydrogen-bond donors (Lipinski definition) is 2. The molecule has 0 spiro atoms. The molecule has 0 aliphatic rings. The number of H-pyrrole nitrogens is 1. The molecule has 0 bridgehead atoms. The maximum absolute atomic E-state index is 13.8. The van der Waals surface area contributed by atoms with Gasteiger partial charge in [-0.25, -0.2) is 4.39 Å². The van der Waals surface area contributed by atoms with E-state index in [9.17, 15) is 14.3 Å². The summed E-state index contributed by atoms with van der Waals surface area (Å²) in [6.07, 6.45) is 3.13. The van der Waals surface area contributed by atoms with Gasteiger partial charge in [0, 0.05) is 41.9 Å². The van der Waals surface area contributed by atoms with Gasteiger partial charge in [0.2, 0.25) is 0 Å². The highest BCUT2D eigenvalue weighted by molar-refractivity contribution is 5.96. The van der Waals surface area contributed by atoms with Crippen LogP contribution in [0.5, 0.6) is 5.75 Å². The van der Waals surface area contributed by atoms with Crippen molar-refractivity contribution in [2.24, 2.45) is 0 Å². The lowest BCUT2D eigenvalue weighted by Gasteiger charge is -2.20. The second-order valence-electron chi connectivity index (χ2n) is 8.10. The second kappa shape index (κ2) is 9.38.